The zero-order chi connectivity index (χ0) is 23.2. The van der Waals surface area contributed by atoms with E-state index in [1.807, 2.05) is 48.5 Å². The highest BCUT2D eigenvalue weighted by Crippen LogP contribution is 2.32. The third kappa shape index (κ3) is 3.40. The molecule has 1 aliphatic rings. The van der Waals surface area contributed by atoms with Crippen LogP contribution in [-0.2, 0) is 13.0 Å². The minimum Gasteiger partial charge on any atom is -0.486 e. The van der Waals surface area contributed by atoms with Crippen LogP contribution in [0.4, 0.5) is 0 Å². The second-order valence-electron chi connectivity index (χ2n) is 8.20. The summed E-state index contributed by atoms with van der Waals surface area (Å²) in [5.41, 5.74) is 5.15. The summed E-state index contributed by atoms with van der Waals surface area (Å²) in [6, 6.07) is 15.3. The fraction of sp³-hybridized carbons (Fsp3) is 0.192. The van der Waals surface area contributed by atoms with E-state index in [1.165, 1.54) is 0 Å². The van der Waals surface area contributed by atoms with Gasteiger partial charge in [0.25, 0.3) is 5.56 Å². The first kappa shape index (κ1) is 20.7. The quantitative estimate of drug-likeness (QED) is 0.377. The smallest absolute Gasteiger partial charge is 0.261 e. The number of rotatable bonds is 4. The molecular formula is C26H21ClN4O3. The lowest BCUT2D eigenvalue weighted by Gasteiger charge is -2.19. The van der Waals surface area contributed by atoms with E-state index in [-0.39, 0.29) is 5.56 Å². The summed E-state index contributed by atoms with van der Waals surface area (Å²) in [6.07, 6.45) is 4.19. The molecule has 3 aromatic heterocycles. The fourth-order valence-electron chi connectivity index (χ4n) is 4.42. The molecule has 6 rings (SSSR count). The standard InChI is InChI=1S/C26H21ClN4O3/c1-2-20-24(17-4-6-18(27)7-5-17)25-28-14-19-21(31(25)29-20)9-10-30(26(19)32)15-16-3-8-22-23(13-16)34-12-11-33-22/h3-10,13-14H,2,11-12,15H2,1H3. The molecule has 0 aliphatic carbocycles. The highest BCUT2D eigenvalue weighted by molar-refractivity contribution is 6.30. The fourth-order valence-corrected chi connectivity index (χ4v) is 4.55. The predicted molar refractivity (Wildman–Crippen MR) is 131 cm³/mol. The first-order chi connectivity index (χ1) is 16.6. The number of aryl methyl sites for hydroxylation is 1. The maximum Gasteiger partial charge on any atom is 0.261 e. The van der Waals surface area contributed by atoms with E-state index in [0.717, 1.165) is 45.7 Å². The number of hydrogen-bond donors (Lipinski definition) is 0. The number of hydrogen-bond acceptors (Lipinski definition) is 5. The van der Waals surface area contributed by atoms with E-state index in [0.29, 0.717) is 35.9 Å². The van der Waals surface area contributed by atoms with Gasteiger partial charge in [0.1, 0.15) is 13.2 Å². The molecule has 5 aromatic rings. The molecule has 0 unspecified atom stereocenters. The molecule has 7 nitrogen and oxygen atoms in total. The van der Waals surface area contributed by atoms with E-state index in [4.69, 9.17) is 26.2 Å². The van der Waals surface area contributed by atoms with Gasteiger partial charge in [-0.2, -0.15) is 5.10 Å². The van der Waals surface area contributed by atoms with Gasteiger partial charge >= 0.3 is 0 Å². The average molecular weight is 473 g/mol. The first-order valence-corrected chi connectivity index (χ1v) is 11.5. The maximum atomic E-state index is 13.3. The van der Waals surface area contributed by atoms with Gasteiger partial charge < -0.3 is 14.0 Å². The molecule has 0 amide bonds. The lowest BCUT2D eigenvalue weighted by Crippen LogP contribution is -2.21. The van der Waals surface area contributed by atoms with Crippen molar-refractivity contribution >= 4 is 28.2 Å². The molecule has 0 fully saturated rings. The second kappa shape index (κ2) is 8.18. The van der Waals surface area contributed by atoms with Crippen LogP contribution in [0.1, 0.15) is 18.2 Å². The molecule has 170 valence electrons. The van der Waals surface area contributed by atoms with Gasteiger partial charge in [-0.05, 0) is 47.9 Å². The Bertz CT molecular complexity index is 1610. The Labute approximate surface area is 200 Å². The molecule has 4 heterocycles. The number of fused-ring (bicyclic) bond motifs is 4. The van der Waals surface area contributed by atoms with E-state index >= 15 is 0 Å². The molecule has 34 heavy (non-hydrogen) atoms. The lowest BCUT2D eigenvalue weighted by molar-refractivity contribution is 0.171. The zero-order valence-corrected chi connectivity index (χ0v) is 19.2. The van der Waals surface area contributed by atoms with Crippen LogP contribution in [0.5, 0.6) is 11.5 Å². The number of pyridine rings is 1. The van der Waals surface area contributed by atoms with Crippen molar-refractivity contribution in [3.8, 4) is 22.6 Å². The zero-order valence-electron chi connectivity index (χ0n) is 18.5. The average Bonchev–Trinajstić information content (AvgIpc) is 3.25. The summed E-state index contributed by atoms with van der Waals surface area (Å²) in [5, 5.41) is 5.99. The normalized spacial score (nSPS) is 13.0. The SMILES string of the molecule is CCc1nn2c(ncc3c(=O)n(Cc4ccc5c(c4)OCCO5)ccc32)c1-c1ccc(Cl)cc1. The first-order valence-electron chi connectivity index (χ1n) is 11.2. The van der Waals surface area contributed by atoms with Gasteiger partial charge in [-0.15, -0.1) is 0 Å². The Morgan fingerprint density at radius 3 is 2.62 bits per heavy atom. The summed E-state index contributed by atoms with van der Waals surface area (Å²) in [7, 11) is 0. The van der Waals surface area contributed by atoms with Crippen molar-refractivity contribution in [1.82, 2.24) is 19.2 Å². The number of aromatic nitrogens is 4. The largest absolute Gasteiger partial charge is 0.486 e. The molecule has 0 atom stereocenters. The highest BCUT2D eigenvalue weighted by Gasteiger charge is 2.18. The minimum atomic E-state index is -0.122. The van der Waals surface area contributed by atoms with E-state index in [1.54, 1.807) is 21.5 Å². The van der Waals surface area contributed by atoms with Crippen LogP contribution in [0.3, 0.4) is 0 Å². The molecule has 0 bridgehead atoms. The number of halogens is 1. The Morgan fingerprint density at radius 2 is 1.82 bits per heavy atom. The van der Waals surface area contributed by atoms with Gasteiger partial charge in [0.2, 0.25) is 0 Å². The lowest BCUT2D eigenvalue weighted by atomic mass is 10.0. The maximum absolute atomic E-state index is 13.3. The monoisotopic (exact) mass is 472 g/mol. The molecule has 1 aliphatic heterocycles. The summed E-state index contributed by atoms with van der Waals surface area (Å²) in [5.74, 6) is 1.44. The van der Waals surface area contributed by atoms with E-state index < -0.39 is 0 Å². The number of nitrogens with zero attached hydrogens (tertiary/aromatic N) is 4. The van der Waals surface area contributed by atoms with Gasteiger partial charge in [-0.1, -0.05) is 36.7 Å². The second-order valence-corrected chi connectivity index (χ2v) is 8.64. The Morgan fingerprint density at radius 1 is 1.03 bits per heavy atom. The van der Waals surface area contributed by atoms with Crippen LogP contribution in [0.15, 0.2) is 65.7 Å². The van der Waals surface area contributed by atoms with Crippen molar-refractivity contribution in [1.29, 1.82) is 0 Å². The number of ether oxygens (including phenoxy) is 2. The Balaban J connectivity index is 1.45. The third-order valence-electron chi connectivity index (χ3n) is 6.08. The van der Waals surface area contributed by atoms with Gasteiger partial charge in [0, 0.05) is 23.0 Å². The van der Waals surface area contributed by atoms with Crippen molar-refractivity contribution in [2.24, 2.45) is 0 Å². The van der Waals surface area contributed by atoms with Crippen molar-refractivity contribution < 1.29 is 9.47 Å². The molecule has 0 N–H and O–H groups in total. The van der Waals surface area contributed by atoms with Gasteiger partial charge in [0.05, 0.1) is 23.1 Å². The molecule has 2 aromatic carbocycles. The Hall–Kier alpha value is -3.84. The molecule has 0 saturated heterocycles. The van der Waals surface area contributed by atoms with Crippen LogP contribution in [0, 0.1) is 0 Å². The van der Waals surface area contributed by atoms with E-state index in [9.17, 15) is 4.79 Å². The van der Waals surface area contributed by atoms with Crippen molar-refractivity contribution in [2.45, 2.75) is 19.9 Å². The number of benzene rings is 2. The van der Waals surface area contributed by atoms with Crippen LogP contribution in [-0.4, -0.2) is 32.4 Å². The summed E-state index contributed by atoms with van der Waals surface area (Å²) in [6.45, 7) is 3.54. The third-order valence-corrected chi connectivity index (χ3v) is 6.34. The van der Waals surface area contributed by atoms with Gasteiger partial charge in [-0.3, -0.25) is 4.79 Å². The van der Waals surface area contributed by atoms with Crippen LogP contribution >= 0.6 is 11.6 Å². The predicted octanol–water partition coefficient (Wildman–Crippen LogP) is 4.75. The minimum absolute atomic E-state index is 0.122. The van der Waals surface area contributed by atoms with Gasteiger partial charge in [-0.25, -0.2) is 9.50 Å². The summed E-state index contributed by atoms with van der Waals surface area (Å²) >= 11 is 6.08. The Kier molecular flexibility index (Phi) is 4.99. The van der Waals surface area contributed by atoms with Crippen molar-refractivity contribution in [3.63, 3.8) is 0 Å². The summed E-state index contributed by atoms with van der Waals surface area (Å²) in [4.78, 5) is 18.0. The topological polar surface area (TPSA) is 70.7 Å². The van der Waals surface area contributed by atoms with Crippen LogP contribution < -0.4 is 15.0 Å². The molecule has 0 saturated carbocycles. The van der Waals surface area contributed by atoms with Crippen LogP contribution in [0.25, 0.3) is 27.7 Å². The molecule has 8 heteroatoms. The highest BCUT2D eigenvalue weighted by atomic mass is 35.5. The summed E-state index contributed by atoms with van der Waals surface area (Å²) < 4.78 is 14.7. The molecule has 0 radical (unpaired) electrons. The molecule has 0 spiro atoms. The van der Waals surface area contributed by atoms with Gasteiger partial charge in [0.15, 0.2) is 17.1 Å². The molecular weight excluding hydrogens is 452 g/mol. The van der Waals surface area contributed by atoms with Crippen molar-refractivity contribution in [2.75, 3.05) is 13.2 Å². The van der Waals surface area contributed by atoms with Crippen LogP contribution in [0.2, 0.25) is 5.02 Å². The van der Waals surface area contributed by atoms with E-state index in [2.05, 4.69) is 11.9 Å². The van der Waals surface area contributed by atoms with Crippen molar-refractivity contribution in [3.05, 3.63) is 87.6 Å².